The quantitative estimate of drug-likeness (QED) is 0.220. The van der Waals surface area contributed by atoms with E-state index in [1.807, 2.05) is 36.4 Å². The normalized spacial score (nSPS) is 11.9. The van der Waals surface area contributed by atoms with Crippen molar-refractivity contribution >= 4 is 29.9 Å². The number of halogens is 1. The van der Waals surface area contributed by atoms with Crippen LogP contribution in [0.25, 0.3) is 0 Å². The van der Waals surface area contributed by atoms with Gasteiger partial charge in [-0.05, 0) is 30.2 Å². The summed E-state index contributed by atoms with van der Waals surface area (Å²) in [6.07, 6.45) is 2.62. The highest BCUT2D eigenvalue weighted by Gasteiger charge is 2.09. The summed E-state index contributed by atoms with van der Waals surface area (Å²) in [6.45, 7) is 6.16. The Labute approximate surface area is 212 Å². The maximum absolute atomic E-state index is 5.41. The standard InChI is InChI=1S/C24H32N6O2.HI/c1-5-23-29-27-17-30(23)14-13-25-24(28-18(2)20-9-7-6-8-10-20)26-16-19-11-12-21(31-3)22(15-19)32-4;/h6-12,15,17-18H,5,13-14,16H2,1-4H3,(H2,25,26,28);1H. The van der Waals surface area contributed by atoms with Gasteiger partial charge < -0.3 is 24.7 Å². The molecule has 0 fully saturated rings. The van der Waals surface area contributed by atoms with Crippen LogP contribution in [-0.2, 0) is 19.5 Å². The zero-order valence-corrected chi connectivity index (χ0v) is 21.9. The predicted molar refractivity (Wildman–Crippen MR) is 141 cm³/mol. The van der Waals surface area contributed by atoms with Crippen molar-refractivity contribution in [3.05, 3.63) is 71.8 Å². The van der Waals surface area contributed by atoms with Crippen molar-refractivity contribution in [1.82, 2.24) is 25.4 Å². The lowest BCUT2D eigenvalue weighted by Gasteiger charge is -2.19. The Hall–Kier alpha value is -2.82. The molecular weight excluding hydrogens is 531 g/mol. The molecule has 3 aromatic rings. The molecule has 1 atom stereocenters. The van der Waals surface area contributed by atoms with Gasteiger partial charge in [0.25, 0.3) is 0 Å². The highest BCUT2D eigenvalue weighted by atomic mass is 127. The number of aliphatic imine (C=N–C) groups is 1. The molecular formula is C24H33IN6O2. The Balaban J connectivity index is 0.00000385. The van der Waals surface area contributed by atoms with E-state index in [1.54, 1.807) is 20.5 Å². The Morgan fingerprint density at radius 1 is 1.09 bits per heavy atom. The summed E-state index contributed by atoms with van der Waals surface area (Å²) >= 11 is 0. The van der Waals surface area contributed by atoms with E-state index in [0.29, 0.717) is 24.6 Å². The van der Waals surface area contributed by atoms with Crippen LogP contribution < -0.4 is 20.1 Å². The largest absolute Gasteiger partial charge is 0.493 e. The van der Waals surface area contributed by atoms with Gasteiger partial charge in [-0.2, -0.15) is 0 Å². The third kappa shape index (κ3) is 7.62. The topological polar surface area (TPSA) is 85.6 Å². The van der Waals surface area contributed by atoms with Gasteiger partial charge in [0, 0.05) is 19.5 Å². The predicted octanol–water partition coefficient (Wildman–Crippen LogP) is 3.97. The monoisotopic (exact) mass is 564 g/mol. The highest BCUT2D eigenvalue weighted by molar-refractivity contribution is 14.0. The van der Waals surface area contributed by atoms with E-state index < -0.39 is 0 Å². The third-order valence-electron chi connectivity index (χ3n) is 5.18. The summed E-state index contributed by atoms with van der Waals surface area (Å²) in [7, 11) is 3.27. The minimum absolute atomic E-state index is 0. The first kappa shape index (κ1) is 26.4. The first-order valence-electron chi connectivity index (χ1n) is 10.8. The molecule has 0 amide bonds. The summed E-state index contributed by atoms with van der Waals surface area (Å²) < 4.78 is 12.8. The van der Waals surface area contributed by atoms with Gasteiger partial charge in [-0.15, -0.1) is 34.2 Å². The van der Waals surface area contributed by atoms with Gasteiger partial charge in [-0.3, -0.25) is 0 Å². The maximum atomic E-state index is 5.41. The fraction of sp³-hybridized carbons (Fsp3) is 0.375. The van der Waals surface area contributed by atoms with Crippen LogP contribution in [0.1, 0.15) is 36.8 Å². The summed E-state index contributed by atoms with van der Waals surface area (Å²) in [5.41, 5.74) is 2.23. The number of ether oxygens (including phenoxy) is 2. The average Bonchev–Trinajstić information content (AvgIpc) is 3.30. The van der Waals surface area contributed by atoms with Crippen molar-refractivity contribution in [2.24, 2.45) is 4.99 Å². The molecule has 1 aromatic heterocycles. The number of hydrogen-bond donors (Lipinski definition) is 2. The van der Waals surface area contributed by atoms with Gasteiger partial charge in [-0.1, -0.05) is 43.3 Å². The lowest BCUT2D eigenvalue weighted by molar-refractivity contribution is 0.354. The average molecular weight is 564 g/mol. The summed E-state index contributed by atoms with van der Waals surface area (Å²) in [5.74, 6) is 3.11. The summed E-state index contributed by atoms with van der Waals surface area (Å²) in [6, 6.07) is 16.3. The first-order valence-corrected chi connectivity index (χ1v) is 10.8. The van der Waals surface area contributed by atoms with Gasteiger partial charge in [0.05, 0.1) is 26.8 Å². The Morgan fingerprint density at radius 3 is 2.55 bits per heavy atom. The van der Waals surface area contributed by atoms with E-state index >= 15 is 0 Å². The third-order valence-corrected chi connectivity index (χ3v) is 5.18. The van der Waals surface area contributed by atoms with Gasteiger partial charge in [0.15, 0.2) is 17.5 Å². The fourth-order valence-electron chi connectivity index (χ4n) is 3.37. The number of aryl methyl sites for hydroxylation is 1. The van der Waals surface area contributed by atoms with Crippen molar-refractivity contribution in [2.75, 3.05) is 20.8 Å². The van der Waals surface area contributed by atoms with Crippen LogP contribution in [0.15, 0.2) is 59.9 Å². The molecule has 1 heterocycles. The van der Waals surface area contributed by atoms with Crippen LogP contribution in [0.4, 0.5) is 0 Å². The van der Waals surface area contributed by atoms with E-state index in [-0.39, 0.29) is 30.0 Å². The molecule has 9 heteroatoms. The molecule has 0 aliphatic rings. The molecule has 2 N–H and O–H groups in total. The van der Waals surface area contributed by atoms with Crippen LogP contribution in [0.3, 0.4) is 0 Å². The van der Waals surface area contributed by atoms with Gasteiger partial charge in [-0.25, -0.2) is 4.99 Å². The van der Waals surface area contributed by atoms with E-state index in [2.05, 4.69) is 51.4 Å². The summed E-state index contributed by atoms with van der Waals surface area (Å²) in [4.78, 5) is 4.81. The Bertz CT molecular complexity index is 1010. The Kier molecular flexibility index (Phi) is 10.9. The second-order valence-corrected chi connectivity index (χ2v) is 7.35. The molecule has 0 spiro atoms. The summed E-state index contributed by atoms with van der Waals surface area (Å²) in [5, 5.41) is 15.1. The molecule has 178 valence electrons. The van der Waals surface area contributed by atoms with Crippen molar-refractivity contribution in [2.45, 2.75) is 39.4 Å². The van der Waals surface area contributed by atoms with E-state index in [9.17, 15) is 0 Å². The van der Waals surface area contributed by atoms with Crippen molar-refractivity contribution in [3.8, 4) is 11.5 Å². The van der Waals surface area contributed by atoms with Crippen LogP contribution >= 0.6 is 24.0 Å². The molecule has 0 bridgehead atoms. The molecule has 8 nitrogen and oxygen atoms in total. The molecule has 0 saturated carbocycles. The van der Waals surface area contributed by atoms with E-state index in [0.717, 1.165) is 30.3 Å². The maximum Gasteiger partial charge on any atom is 0.192 e. The van der Waals surface area contributed by atoms with E-state index in [4.69, 9.17) is 14.5 Å². The van der Waals surface area contributed by atoms with Crippen molar-refractivity contribution < 1.29 is 9.47 Å². The number of aromatic nitrogens is 3. The molecule has 3 rings (SSSR count). The van der Waals surface area contributed by atoms with E-state index in [1.165, 1.54) is 5.56 Å². The second kappa shape index (κ2) is 13.7. The Morgan fingerprint density at radius 2 is 1.85 bits per heavy atom. The fourth-order valence-corrected chi connectivity index (χ4v) is 3.37. The molecule has 1 unspecified atom stereocenters. The number of methoxy groups -OCH3 is 2. The number of nitrogens with zero attached hydrogens (tertiary/aromatic N) is 4. The van der Waals surface area contributed by atoms with Crippen LogP contribution in [-0.4, -0.2) is 41.5 Å². The zero-order chi connectivity index (χ0) is 22.8. The number of benzene rings is 2. The molecule has 0 saturated heterocycles. The smallest absolute Gasteiger partial charge is 0.192 e. The molecule has 2 aromatic carbocycles. The number of guanidine groups is 1. The van der Waals surface area contributed by atoms with Gasteiger partial charge >= 0.3 is 0 Å². The minimum Gasteiger partial charge on any atom is -0.493 e. The lowest BCUT2D eigenvalue weighted by Crippen LogP contribution is -2.40. The second-order valence-electron chi connectivity index (χ2n) is 7.35. The van der Waals surface area contributed by atoms with Gasteiger partial charge in [0.2, 0.25) is 0 Å². The molecule has 33 heavy (non-hydrogen) atoms. The number of hydrogen-bond acceptors (Lipinski definition) is 5. The minimum atomic E-state index is 0. The highest BCUT2D eigenvalue weighted by Crippen LogP contribution is 2.27. The van der Waals surface area contributed by atoms with Crippen LogP contribution in [0.2, 0.25) is 0 Å². The molecule has 0 radical (unpaired) electrons. The molecule has 0 aliphatic carbocycles. The number of nitrogens with one attached hydrogen (secondary N) is 2. The number of rotatable bonds is 10. The van der Waals surface area contributed by atoms with Crippen LogP contribution in [0, 0.1) is 0 Å². The van der Waals surface area contributed by atoms with Crippen molar-refractivity contribution in [3.63, 3.8) is 0 Å². The van der Waals surface area contributed by atoms with Crippen LogP contribution in [0.5, 0.6) is 11.5 Å². The van der Waals surface area contributed by atoms with Crippen molar-refractivity contribution in [1.29, 1.82) is 0 Å². The zero-order valence-electron chi connectivity index (χ0n) is 19.6. The SMILES string of the molecule is CCc1nncn1CCNC(=NCc1ccc(OC)c(OC)c1)NC(C)c1ccccc1.I. The molecule has 0 aliphatic heterocycles. The van der Waals surface area contributed by atoms with Gasteiger partial charge in [0.1, 0.15) is 12.2 Å². The lowest BCUT2D eigenvalue weighted by atomic mass is 10.1. The first-order chi connectivity index (χ1) is 15.6.